The minimum absolute atomic E-state index is 0.0872. The van der Waals surface area contributed by atoms with Crippen molar-refractivity contribution < 1.29 is 36.4 Å². The first-order valence-corrected chi connectivity index (χ1v) is 16.6. The van der Waals surface area contributed by atoms with Gasteiger partial charge in [-0.1, -0.05) is 16.4 Å². The standard InChI is InChI=1S/C27H30N10O8S2/c1-27(2)18(25(39)37(27)45-47(40,41)42)9-21(38)23(20-13-46-26(28)31-20)34-44-22(24-32-35-36-33-24)12-43-17-5-6-19-15(8-17)3-4-16(30-19)7-14-10-29-11-14/h3-6,8,13-14,18,22,29H,7,9-12H2,1-2H3,(H2,28,31)(H,40,41,42)(H,32,33,35,36)/b34-23-/t18-,22+/m1/s1. The second-order valence-electron chi connectivity index (χ2n) is 11.5. The number of rotatable bonds is 14. The highest BCUT2D eigenvalue weighted by atomic mass is 32.3. The average Bonchev–Trinajstić information content (AvgIpc) is 3.70. The molecule has 5 N–H and O–H groups in total. The fourth-order valence-electron chi connectivity index (χ4n) is 5.17. The number of benzene rings is 1. The van der Waals surface area contributed by atoms with Crippen molar-refractivity contribution in [2.24, 2.45) is 17.0 Å². The molecule has 2 atom stereocenters. The Morgan fingerprint density at radius 1 is 1.26 bits per heavy atom. The number of Topliss-reactive ketones (excluding diaryl/α,β-unsaturated/α-hetero) is 1. The summed E-state index contributed by atoms with van der Waals surface area (Å²) >= 11 is 1.06. The third kappa shape index (κ3) is 7.20. The van der Waals surface area contributed by atoms with E-state index in [4.69, 9.17) is 24.8 Å². The number of carbonyl (C=O) groups excluding carboxylic acids is 2. The number of oxime groups is 1. The molecule has 2 aliphatic rings. The summed E-state index contributed by atoms with van der Waals surface area (Å²) in [4.78, 5) is 40.8. The number of ether oxygens (including phenoxy) is 1. The van der Waals surface area contributed by atoms with E-state index in [0.717, 1.165) is 47.4 Å². The monoisotopic (exact) mass is 686 g/mol. The predicted molar refractivity (Wildman–Crippen MR) is 165 cm³/mol. The van der Waals surface area contributed by atoms with Crippen LogP contribution in [0.25, 0.3) is 10.9 Å². The molecule has 18 nitrogen and oxygen atoms in total. The smallest absolute Gasteiger partial charge is 0.418 e. The Hall–Kier alpha value is -4.63. The number of hydroxylamine groups is 2. The molecule has 248 valence electrons. The van der Waals surface area contributed by atoms with E-state index in [0.29, 0.717) is 16.7 Å². The lowest BCUT2D eigenvalue weighted by molar-refractivity contribution is -0.228. The first-order valence-electron chi connectivity index (χ1n) is 14.3. The highest BCUT2D eigenvalue weighted by Gasteiger charge is 2.57. The van der Waals surface area contributed by atoms with Crippen molar-refractivity contribution in [2.45, 2.75) is 38.3 Å². The van der Waals surface area contributed by atoms with Crippen molar-refractivity contribution in [3.63, 3.8) is 0 Å². The van der Waals surface area contributed by atoms with E-state index >= 15 is 0 Å². The number of nitrogens with zero attached hydrogens (tertiary/aromatic N) is 7. The van der Waals surface area contributed by atoms with Crippen molar-refractivity contribution in [3.8, 4) is 5.75 Å². The maximum atomic E-state index is 13.5. The number of thiazole rings is 1. The van der Waals surface area contributed by atoms with Gasteiger partial charge in [0.05, 0.1) is 17.0 Å². The number of anilines is 1. The number of fused-ring (bicyclic) bond motifs is 1. The zero-order valence-electron chi connectivity index (χ0n) is 25.1. The number of nitrogens with two attached hydrogens (primary N) is 1. The van der Waals surface area contributed by atoms with Crippen LogP contribution in [0.2, 0.25) is 0 Å². The normalized spacial score (nSPS) is 18.9. The number of hydrogen-bond donors (Lipinski definition) is 4. The molecule has 0 aliphatic carbocycles. The summed E-state index contributed by atoms with van der Waals surface area (Å²) in [7, 11) is -4.96. The lowest BCUT2D eigenvalue weighted by Gasteiger charge is -2.50. The van der Waals surface area contributed by atoms with Gasteiger partial charge in [0.2, 0.25) is 11.9 Å². The summed E-state index contributed by atoms with van der Waals surface area (Å²) in [5, 5.41) is 24.2. The number of amides is 1. The van der Waals surface area contributed by atoms with Crippen LogP contribution in [0.5, 0.6) is 5.75 Å². The Bertz CT molecular complexity index is 1930. The fourth-order valence-corrected chi connectivity index (χ4v) is 6.17. The molecule has 2 saturated heterocycles. The number of nitrogens with one attached hydrogen (secondary N) is 2. The number of H-pyrrole nitrogens is 1. The van der Waals surface area contributed by atoms with Crippen LogP contribution in [0.3, 0.4) is 0 Å². The van der Waals surface area contributed by atoms with E-state index in [-0.39, 0.29) is 29.0 Å². The van der Waals surface area contributed by atoms with E-state index in [9.17, 15) is 18.0 Å². The van der Waals surface area contributed by atoms with Crippen molar-refractivity contribution in [1.82, 2.24) is 41.0 Å². The number of ketones is 1. The number of aromatic amines is 1. The molecule has 47 heavy (non-hydrogen) atoms. The van der Waals surface area contributed by atoms with Crippen molar-refractivity contribution in [2.75, 3.05) is 25.4 Å². The Labute approximate surface area is 271 Å². The SMILES string of the molecule is CC1(C)[C@H](CC(=O)/C(=N\O[C@@H](COc2ccc3nc(CC4CNC4)ccc3c2)c2nn[nH]n2)c2csc(N)n2)C(=O)N1OS(=O)(=O)O. The molecule has 1 amide bonds. The summed E-state index contributed by atoms with van der Waals surface area (Å²) in [5.74, 6) is -1.29. The van der Waals surface area contributed by atoms with Crippen LogP contribution >= 0.6 is 11.3 Å². The number of nitrogen functional groups attached to an aromatic ring is 1. The third-order valence-electron chi connectivity index (χ3n) is 7.87. The summed E-state index contributed by atoms with van der Waals surface area (Å²) < 4.78 is 41.8. The first-order chi connectivity index (χ1) is 22.4. The van der Waals surface area contributed by atoms with Gasteiger partial charge in [-0.3, -0.25) is 19.1 Å². The van der Waals surface area contributed by atoms with Crippen LogP contribution in [-0.4, -0.2) is 91.3 Å². The van der Waals surface area contributed by atoms with Gasteiger partial charge >= 0.3 is 10.4 Å². The molecule has 4 aromatic rings. The minimum Gasteiger partial charge on any atom is -0.489 e. The quantitative estimate of drug-likeness (QED) is 0.0625. The molecule has 0 unspecified atom stereocenters. The molecule has 1 aromatic carbocycles. The Balaban J connectivity index is 1.18. The van der Waals surface area contributed by atoms with E-state index in [2.05, 4.69) is 40.4 Å². The van der Waals surface area contributed by atoms with Crippen LogP contribution < -0.4 is 15.8 Å². The topological polar surface area (TPSA) is 250 Å². The molecule has 5 heterocycles. The van der Waals surface area contributed by atoms with Crippen LogP contribution in [0.1, 0.15) is 43.6 Å². The molecular formula is C27H30N10O8S2. The van der Waals surface area contributed by atoms with Crippen LogP contribution in [0.15, 0.2) is 40.9 Å². The number of aromatic nitrogens is 6. The zero-order valence-corrected chi connectivity index (χ0v) is 26.7. The molecule has 0 spiro atoms. The van der Waals surface area contributed by atoms with Gasteiger partial charge in [0.15, 0.2) is 16.6 Å². The van der Waals surface area contributed by atoms with Gasteiger partial charge in [-0.05, 0) is 63.5 Å². The van der Waals surface area contributed by atoms with Gasteiger partial charge < -0.3 is 20.6 Å². The van der Waals surface area contributed by atoms with Gasteiger partial charge in [-0.25, -0.2) is 4.98 Å². The maximum absolute atomic E-state index is 13.5. The average molecular weight is 687 g/mol. The fraction of sp³-hybridized carbons (Fsp3) is 0.407. The van der Waals surface area contributed by atoms with Crippen LogP contribution in [0, 0.1) is 11.8 Å². The molecule has 0 bridgehead atoms. The second-order valence-corrected chi connectivity index (χ2v) is 13.4. The summed E-state index contributed by atoms with van der Waals surface area (Å²) in [6.07, 6.45) is -0.538. The number of carbonyl (C=O) groups is 2. The molecule has 2 aliphatic heterocycles. The zero-order chi connectivity index (χ0) is 33.3. The predicted octanol–water partition coefficient (Wildman–Crippen LogP) is 1.02. The van der Waals surface area contributed by atoms with Gasteiger partial charge in [0.1, 0.15) is 18.1 Å². The van der Waals surface area contributed by atoms with Gasteiger partial charge in [0, 0.05) is 22.9 Å². The van der Waals surface area contributed by atoms with E-state index < -0.39 is 46.1 Å². The van der Waals surface area contributed by atoms with E-state index in [1.165, 1.54) is 19.2 Å². The second kappa shape index (κ2) is 12.9. The maximum Gasteiger partial charge on any atom is 0.418 e. The van der Waals surface area contributed by atoms with E-state index in [1.54, 1.807) is 6.07 Å². The Kier molecular flexibility index (Phi) is 8.85. The summed E-state index contributed by atoms with van der Waals surface area (Å²) in [5.41, 5.74) is 6.25. The first kappa shape index (κ1) is 32.3. The molecule has 2 fully saturated rings. The molecule has 0 saturated carbocycles. The molecule has 6 rings (SSSR count). The number of hydrogen-bond acceptors (Lipinski definition) is 16. The Morgan fingerprint density at radius 3 is 2.70 bits per heavy atom. The third-order valence-corrected chi connectivity index (χ3v) is 8.88. The molecule has 0 radical (unpaired) electrons. The Morgan fingerprint density at radius 2 is 2.06 bits per heavy atom. The summed E-state index contributed by atoms with van der Waals surface area (Å²) in [6.45, 7) is 4.82. The molecule has 20 heteroatoms. The van der Waals surface area contributed by atoms with Crippen molar-refractivity contribution in [1.29, 1.82) is 0 Å². The number of β-lactam (4-membered cyclic amide) rings is 1. The molecule has 3 aromatic heterocycles. The lowest BCUT2D eigenvalue weighted by Crippen LogP contribution is -2.68. The van der Waals surface area contributed by atoms with Gasteiger partial charge in [-0.15, -0.1) is 25.8 Å². The van der Waals surface area contributed by atoms with Crippen molar-refractivity contribution in [3.05, 3.63) is 52.9 Å². The van der Waals surface area contributed by atoms with Crippen molar-refractivity contribution >= 4 is 55.2 Å². The van der Waals surface area contributed by atoms with Gasteiger partial charge in [0.25, 0.3) is 5.91 Å². The number of tetrazole rings is 1. The summed E-state index contributed by atoms with van der Waals surface area (Å²) in [6, 6.07) is 9.48. The lowest BCUT2D eigenvalue weighted by atomic mass is 9.74. The highest BCUT2D eigenvalue weighted by molar-refractivity contribution is 7.80. The van der Waals surface area contributed by atoms with Crippen LogP contribution in [0.4, 0.5) is 5.13 Å². The van der Waals surface area contributed by atoms with Crippen LogP contribution in [-0.2, 0) is 35.5 Å². The molecular weight excluding hydrogens is 656 g/mol. The largest absolute Gasteiger partial charge is 0.489 e. The minimum atomic E-state index is -4.96. The van der Waals surface area contributed by atoms with E-state index in [1.807, 2.05) is 24.3 Å². The van der Waals surface area contributed by atoms with Gasteiger partial charge in [-0.2, -0.15) is 18.7 Å². The highest BCUT2D eigenvalue weighted by Crippen LogP contribution is 2.40. The number of pyridine rings is 1.